The zero-order valence-electron chi connectivity index (χ0n) is 21.2. The van der Waals surface area contributed by atoms with Gasteiger partial charge in [0.15, 0.2) is 11.6 Å². The van der Waals surface area contributed by atoms with E-state index in [0.717, 1.165) is 32.6 Å². The van der Waals surface area contributed by atoms with Crippen molar-refractivity contribution in [3.8, 4) is 28.5 Å². The number of nitrogens with one attached hydrogen (secondary N) is 1. The van der Waals surface area contributed by atoms with Crippen molar-refractivity contribution in [2.45, 2.75) is 4.90 Å². The predicted molar refractivity (Wildman–Crippen MR) is 153 cm³/mol. The van der Waals surface area contributed by atoms with Crippen LogP contribution in [0.1, 0.15) is 0 Å². The van der Waals surface area contributed by atoms with Crippen LogP contribution in [0, 0.1) is 0 Å². The summed E-state index contributed by atoms with van der Waals surface area (Å²) in [6.45, 7) is 0. The molecule has 1 atom stereocenters. The molecule has 3 aromatic carbocycles. The van der Waals surface area contributed by atoms with Crippen molar-refractivity contribution in [3.63, 3.8) is 0 Å². The number of pyridine rings is 2. The number of benzene rings is 3. The molecule has 0 radical (unpaired) electrons. The van der Waals surface area contributed by atoms with Gasteiger partial charge in [-0.05, 0) is 36.4 Å². The zero-order valence-corrected chi connectivity index (χ0v) is 22.0. The number of methoxy groups -OCH3 is 1. The number of aromatic nitrogens is 4. The van der Waals surface area contributed by atoms with E-state index >= 15 is 0 Å². The zero-order chi connectivity index (χ0) is 26.8. The molecule has 3 heterocycles. The average molecular weight is 534 g/mol. The molecule has 3 aromatic heterocycles. The molecule has 0 bridgehead atoms. The highest BCUT2D eigenvalue weighted by Gasteiger charge is 2.12. The molecule has 0 amide bonds. The van der Waals surface area contributed by atoms with Crippen molar-refractivity contribution < 1.29 is 13.7 Å². The topological polar surface area (TPSA) is 99.1 Å². The van der Waals surface area contributed by atoms with E-state index in [4.69, 9.17) is 9.47 Å². The van der Waals surface area contributed by atoms with E-state index in [9.17, 15) is 4.21 Å². The van der Waals surface area contributed by atoms with Crippen LogP contribution >= 0.6 is 0 Å². The summed E-state index contributed by atoms with van der Waals surface area (Å²) in [5, 5.41) is 14.3. The molecule has 39 heavy (non-hydrogen) atoms. The highest BCUT2D eigenvalue weighted by atomic mass is 32.2. The molecular weight excluding hydrogens is 510 g/mol. The van der Waals surface area contributed by atoms with E-state index in [1.807, 2.05) is 78.9 Å². The molecule has 1 unspecified atom stereocenters. The molecule has 6 rings (SSSR count). The van der Waals surface area contributed by atoms with Crippen LogP contribution in [0.25, 0.3) is 33.1 Å². The minimum absolute atomic E-state index is 0.606. The second-order valence-electron chi connectivity index (χ2n) is 8.72. The van der Waals surface area contributed by atoms with Crippen LogP contribution in [0.5, 0.6) is 17.2 Å². The van der Waals surface area contributed by atoms with E-state index < -0.39 is 10.8 Å². The summed E-state index contributed by atoms with van der Waals surface area (Å²) in [4.78, 5) is 9.57. The van der Waals surface area contributed by atoms with Gasteiger partial charge in [-0.2, -0.15) is 0 Å². The normalized spacial score (nSPS) is 11.8. The number of hydrogen-bond donors (Lipinski definition) is 1. The first-order valence-electron chi connectivity index (χ1n) is 12.1. The fourth-order valence-corrected chi connectivity index (χ4v) is 4.78. The molecule has 0 aliphatic heterocycles. The van der Waals surface area contributed by atoms with E-state index in [-0.39, 0.29) is 0 Å². The van der Waals surface area contributed by atoms with Crippen molar-refractivity contribution in [2.24, 2.45) is 0 Å². The van der Waals surface area contributed by atoms with Crippen molar-refractivity contribution in [3.05, 3.63) is 97.3 Å². The number of fused-ring (bicyclic) bond motifs is 2. The fourth-order valence-electron chi connectivity index (χ4n) is 4.26. The quantitative estimate of drug-likeness (QED) is 0.248. The van der Waals surface area contributed by atoms with Gasteiger partial charge in [0.25, 0.3) is 0 Å². The predicted octanol–water partition coefficient (Wildman–Crippen LogP) is 6.52. The van der Waals surface area contributed by atoms with Crippen molar-refractivity contribution in [1.82, 2.24) is 20.2 Å². The summed E-state index contributed by atoms with van der Waals surface area (Å²) in [6, 6.07) is 26.8. The molecule has 9 heteroatoms. The fraction of sp³-hybridized carbons (Fsp3) is 0.0667. The van der Waals surface area contributed by atoms with Crippen molar-refractivity contribution in [1.29, 1.82) is 0 Å². The molecule has 8 nitrogen and oxygen atoms in total. The Kier molecular flexibility index (Phi) is 6.56. The largest absolute Gasteiger partial charge is 0.495 e. The molecule has 1 N–H and O–H groups in total. The first kappa shape index (κ1) is 24.4. The van der Waals surface area contributed by atoms with Gasteiger partial charge < -0.3 is 14.8 Å². The standard InChI is InChI=1S/C30H23N5O3S/c1-37-22-17-26-29(32-18-22)27(15-16-31-26)38-21-11-9-20(10-12-21)33-30-25-6-4-3-5-24(25)28(34-35-30)19-7-13-23(14-8-19)39(2)36/h3-18H,1-2H3,(H,33,35). The Morgan fingerprint density at radius 3 is 2.33 bits per heavy atom. The van der Waals surface area contributed by atoms with Gasteiger partial charge in [0, 0.05) is 62.3 Å². The summed E-state index contributed by atoms with van der Waals surface area (Å²) >= 11 is 0. The maximum absolute atomic E-state index is 11.8. The Morgan fingerprint density at radius 1 is 0.821 bits per heavy atom. The molecule has 0 aliphatic carbocycles. The lowest BCUT2D eigenvalue weighted by Crippen LogP contribution is -1.99. The Hall–Kier alpha value is -4.89. The van der Waals surface area contributed by atoms with E-state index in [0.29, 0.717) is 34.1 Å². The second-order valence-corrected chi connectivity index (χ2v) is 10.1. The molecule has 0 spiro atoms. The highest BCUT2D eigenvalue weighted by molar-refractivity contribution is 7.84. The van der Waals surface area contributed by atoms with Gasteiger partial charge in [0.05, 0.1) is 18.8 Å². The van der Waals surface area contributed by atoms with E-state index in [1.165, 1.54) is 0 Å². The summed E-state index contributed by atoms with van der Waals surface area (Å²) in [5.74, 6) is 2.55. The van der Waals surface area contributed by atoms with Gasteiger partial charge in [-0.1, -0.05) is 36.4 Å². The van der Waals surface area contributed by atoms with E-state index in [2.05, 4.69) is 25.5 Å². The summed E-state index contributed by atoms with van der Waals surface area (Å²) in [7, 11) is 0.561. The lowest BCUT2D eigenvalue weighted by molar-refractivity contribution is 0.413. The summed E-state index contributed by atoms with van der Waals surface area (Å²) in [5.41, 5.74) is 3.86. The van der Waals surface area contributed by atoms with Gasteiger partial charge in [-0.15, -0.1) is 10.2 Å². The Morgan fingerprint density at radius 2 is 1.59 bits per heavy atom. The number of ether oxygens (including phenoxy) is 2. The first-order valence-corrected chi connectivity index (χ1v) is 13.7. The molecule has 0 saturated carbocycles. The molecule has 6 aromatic rings. The summed E-state index contributed by atoms with van der Waals surface area (Å²) in [6.07, 6.45) is 4.99. The van der Waals surface area contributed by atoms with Crippen LogP contribution in [0.4, 0.5) is 11.5 Å². The molecule has 192 valence electrons. The van der Waals surface area contributed by atoms with Gasteiger partial charge in [0.2, 0.25) is 0 Å². The second kappa shape index (κ2) is 10.5. The van der Waals surface area contributed by atoms with Crippen LogP contribution < -0.4 is 14.8 Å². The smallest absolute Gasteiger partial charge is 0.161 e. The maximum Gasteiger partial charge on any atom is 0.161 e. The van der Waals surface area contributed by atoms with Gasteiger partial charge >= 0.3 is 0 Å². The number of nitrogens with zero attached hydrogens (tertiary/aromatic N) is 4. The van der Waals surface area contributed by atoms with Crippen LogP contribution in [-0.2, 0) is 10.8 Å². The number of anilines is 2. The molecule has 0 saturated heterocycles. The summed E-state index contributed by atoms with van der Waals surface area (Å²) < 4.78 is 23.1. The van der Waals surface area contributed by atoms with Crippen molar-refractivity contribution in [2.75, 3.05) is 18.7 Å². The Bertz CT molecular complexity index is 1830. The Labute approximate surface area is 227 Å². The first-order chi connectivity index (χ1) is 19.1. The van der Waals surface area contributed by atoms with Gasteiger partial charge in [-0.3, -0.25) is 9.19 Å². The third-order valence-electron chi connectivity index (χ3n) is 6.24. The lowest BCUT2D eigenvalue weighted by atomic mass is 10.0. The molecular formula is C30H23N5O3S. The van der Waals surface area contributed by atoms with Crippen LogP contribution in [-0.4, -0.2) is 37.7 Å². The van der Waals surface area contributed by atoms with Crippen LogP contribution in [0.15, 0.2) is 102 Å². The number of rotatable bonds is 7. The lowest BCUT2D eigenvalue weighted by Gasteiger charge is -2.12. The third kappa shape index (κ3) is 4.99. The molecule has 0 fully saturated rings. The monoisotopic (exact) mass is 533 g/mol. The average Bonchev–Trinajstić information content (AvgIpc) is 2.98. The minimum atomic E-state index is -1.03. The number of hydrogen-bond acceptors (Lipinski definition) is 8. The van der Waals surface area contributed by atoms with Crippen LogP contribution in [0.2, 0.25) is 0 Å². The molecule has 0 aliphatic rings. The highest BCUT2D eigenvalue weighted by Crippen LogP contribution is 2.33. The van der Waals surface area contributed by atoms with Crippen LogP contribution in [0.3, 0.4) is 0 Å². The minimum Gasteiger partial charge on any atom is -0.495 e. The van der Waals surface area contributed by atoms with Crippen molar-refractivity contribution >= 4 is 44.1 Å². The van der Waals surface area contributed by atoms with E-state index in [1.54, 1.807) is 31.8 Å². The SMILES string of the molecule is COc1cnc2c(Oc3ccc(Nc4nnc(-c5ccc(S(C)=O)cc5)c5ccccc45)cc3)ccnc2c1. The Balaban J connectivity index is 1.25. The third-order valence-corrected chi connectivity index (χ3v) is 7.18. The maximum atomic E-state index is 11.8. The van der Waals surface area contributed by atoms with Gasteiger partial charge in [-0.25, -0.2) is 4.98 Å². The van der Waals surface area contributed by atoms with Gasteiger partial charge in [0.1, 0.15) is 22.7 Å².